The lowest BCUT2D eigenvalue weighted by Gasteiger charge is -2.19. The van der Waals surface area contributed by atoms with Crippen LogP contribution in [0.5, 0.6) is 0 Å². The number of pyridine rings is 1. The van der Waals surface area contributed by atoms with E-state index in [1.165, 1.54) is 0 Å². The Morgan fingerprint density at radius 3 is 2.94 bits per heavy atom. The van der Waals surface area contributed by atoms with Crippen molar-refractivity contribution in [3.05, 3.63) is 24.0 Å². The molecule has 2 heterocycles. The number of aliphatic hydroxyl groups excluding tert-OH is 1. The normalized spacial score (nSPS) is 20.8. The van der Waals surface area contributed by atoms with Crippen LogP contribution in [0, 0.1) is 0 Å². The van der Waals surface area contributed by atoms with Crippen molar-refractivity contribution in [2.75, 3.05) is 18.0 Å². The van der Waals surface area contributed by atoms with Crippen molar-refractivity contribution in [1.82, 2.24) is 10.3 Å². The minimum Gasteiger partial charge on any atom is -0.387 e. The summed E-state index contributed by atoms with van der Waals surface area (Å²) in [5.74, 6) is 0.0180. The molecule has 2 N–H and O–H groups in total. The summed E-state index contributed by atoms with van der Waals surface area (Å²) in [5.41, 5.74) is 1.71. The van der Waals surface area contributed by atoms with Gasteiger partial charge in [0.1, 0.15) is 0 Å². The molecule has 0 bridgehead atoms. The minimum absolute atomic E-state index is 0.0180. The van der Waals surface area contributed by atoms with E-state index in [-0.39, 0.29) is 11.9 Å². The molecular weight excluding hydrogens is 230 g/mol. The summed E-state index contributed by atoms with van der Waals surface area (Å²) < 4.78 is 0. The summed E-state index contributed by atoms with van der Waals surface area (Å²) in [6.45, 7) is 4.97. The Labute approximate surface area is 107 Å². The molecule has 18 heavy (non-hydrogen) atoms. The molecule has 1 saturated heterocycles. The quantitative estimate of drug-likeness (QED) is 0.833. The van der Waals surface area contributed by atoms with E-state index in [4.69, 9.17) is 0 Å². The van der Waals surface area contributed by atoms with Crippen LogP contribution in [-0.4, -0.2) is 35.1 Å². The van der Waals surface area contributed by atoms with E-state index in [0.29, 0.717) is 5.69 Å². The summed E-state index contributed by atoms with van der Waals surface area (Å²) in [7, 11) is 0. The van der Waals surface area contributed by atoms with E-state index in [9.17, 15) is 9.90 Å². The predicted octanol–water partition coefficient (Wildman–Crippen LogP) is 0.850. The van der Waals surface area contributed by atoms with Crippen molar-refractivity contribution in [2.45, 2.75) is 32.4 Å². The summed E-state index contributed by atoms with van der Waals surface area (Å²) in [4.78, 5) is 17.4. The SMILES string of the molecule is CC(=O)NC1CCN(c2ccc([C@@H](C)O)nc2)C1. The van der Waals surface area contributed by atoms with Crippen molar-refractivity contribution >= 4 is 11.6 Å². The molecule has 1 aromatic heterocycles. The second-order valence-electron chi connectivity index (χ2n) is 4.75. The van der Waals surface area contributed by atoms with E-state index >= 15 is 0 Å². The first-order valence-electron chi connectivity index (χ1n) is 6.22. The molecular formula is C13H19N3O2. The van der Waals surface area contributed by atoms with Gasteiger partial charge < -0.3 is 15.3 Å². The Hall–Kier alpha value is -1.62. The number of rotatable bonds is 3. The first kappa shape index (κ1) is 12.8. The molecule has 0 spiro atoms. The Balaban J connectivity index is 1.98. The molecule has 0 aromatic carbocycles. The molecule has 1 unspecified atom stereocenters. The molecule has 1 amide bonds. The molecule has 2 atom stereocenters. The average Bonchev–Trinajstić information content (AvgIpc) is 2.76. The number of carbonyl (C=O) groups is 1. The number of nitrogens with zero attached hydrogens (tertiary/aromatic N) is 2. The summed E-state index contributed by atoms with van der Waals surface area (Å²) in [6.07, 6.45) is 2.19. The highest BCUT2D eigenvalue weighted by Gasteiger charge is 2.23. The molecule has 0 saturated carbocycles. The predicted molar refractivity (Wildman–Crippen MR) is 69.3 cm³/mol. The molecule has 1 aromatic rings. The molecule has 1 fully saturated rings. The van der Waals surface area contributed by atoms with Crippen LogP contribution in [0.25, 0.3) is 0 Å². The lowest BCUT2D eigenvalue weighted by Crippen LogP contribution is -2.35. The number of amides is 1. The van der Waals surface area contributed by atoms with Gasteiger partial charge in [0.2, 0.25) is 5.91 Å². The molecule has 0 radical (unpaired) electrons. The van der Waals surface area contributed by atoms with E-state index in [1.807, 2.05) is 12.1 Å². The number of nitrogens with one attached hydrogen (secondary N) is 1. The summed E-state index contributed by atoms with van der Waals surface area (Å²) >= 11 is 0. The third-order valence-corrected chi connectivity index (χ3v) is 3.16. The second-order valence-corrected chi connectivity index (χ2v) is 4.75. The van der Waals surface area contributed by atoms with Gasteiger partial charge in [-0.1, -0.05) is 0 Å². The number of carbonyl (C=O) groups excluding carboxylic acids is 1. The second kappa shape index (κ2) is 5.35. The topological polar surface area (TPSA) is 65.5 Å². The highest BCUT2D eigenvalue weighted by Crippen LogP contribution is 2.21. The van der Waals surface area contributed by atoms with Gasteiger partial charge in [-0.2, -0.15) is 0 Å². The Kier molecular flexibility index (Phi) is 3.81. The Bertz CT molecular complexity index is 417. The monoisotopic (exact) mass is 249 g/mol. The number of hydrogen-bond acceptors (Lipinski definition) is 4. The van der Waals surface area contributed by atoms with Crippen molar-refractivity contribution in [3.63, 3.8) is 0 Å². The molecule has 2 rings (SSSR count). The van der Waals surface area contributed by atoms with Crippen LogP contribution in [0.4, 0.5) is 5.69 Å². The highest BCUT2D eigenvalue weighted by atomic mass is 16.3. The van der Waals surface area contributed by atoms with Crippen molar-refractivity contribution in [1.29, 1.82) is 0 Å². The first-order chi connectivity index (χ1) is 8.56. The van der Waals surface area contributed by atoms with E-state index in [1.54, 1.807) is 20.0 Å². The zero-order valence-electron chi connectivity index (χ0n) is 10.8. The van der Waals surface area contributed by atoms with E-state index in [2.05, 4.69) is 15.2 Å². The van der Waals surface area contributed by atoms with E-state index < -0.39 is 6.10 Å². The maximum absolute atomic E-state index is 11.0. The zero-order valence-corrected chi connectivity index (χ0v) is 10.8. The Morgan fingerprint density at radius 1 is 1.61 bits per heavy atom. The van der Waals surface area contributed by atoms with Gasteiger partial charge in [0.25, 0.3) is 0 Å². The van der Waals surface area contributed by atoms with Crippen molar-refractivity contribution < 1.29 is 9.90 Å². The van der Waals surface area contributed by atoms with Crippen LogP contribution in [0.1, 0.15) is 32.1 Å². The van der Waals surface area contributed by atoms with Crippen LogP contribution in [0.15, 0.2) is 18.3 Å². The smallest absolute Gasteiger partial charge is 0.217 e. The Morgan fingerprint density at radius 2 is 2.39 bits per heavy atom. The van der Waals surface area contributed by atoms with Crippen molar-refractivity contribution in [3.8, 4) is 0 Å². The lowest BCUT2D eigenvalue weighted by molar-refractivity contribution is -0.119. The number of anilines is 1. The van der Waals surface area contributed by atoms with Crippen LogP contribution >= 0.6 is 0 Å². The summed E-state index contributed by atoms with van der Waals surface area (Å²) in [6, 6.07) is 4.02. The van der Waals surface area contributed by atoms with Crippen LogP contribution in [0.2, 0.25) is 0 Å². The molecule has 5 heteroatoms. The number of hydrogen-bond donors (Lipinski definition) is 2. The lowest BCUT2D eigenvalue weighted by atomic mass is 10.2. The molecule has 1 aliphatic heterocycles. The van der Waals surface area contributed by atoms with Gasteiger partial charge in [-0.3, -0.25) is 9.78 Å². The van der Waals surface area contributed by atoms with Gasteiger partial charge >= 0.3 is 0 Å². The summed E-state index contributed by atoms with van der Waals surface area (Å²) in [5, 5.41) is 12.3. The third kappa shape index (κ3) is 2.98. The number of aromatic nitrogens is 1. The minimum atomic E-state index is -0.537. The molecule has 98 valence electrons. The van der Waals surface area contributed by atoms with Gasteiger partial charge in [0, 0.05) is 26.1 Å². The van der Waals surface area contributed by atoms with Gasteiger partial charge in [0.15, 0.2) is 0 Å². The van der Waals surface area contributed by atoms with E-state index in [0.717, 1.165) is 25.2 Å². The largest absolute Gasteiger partial charge is 0.387 e. The maximum atomic E-state index is 11.0. The van der Waals surface area contributed by atoms with Crippen LogP contribution in [-0.2, 0) is 4.79 Å². The fourth-order valence-electron chi connectivity index (χ4n) is 2.23. The van der Waals surface area contributed by atoms with Crippen molar-refractivity contribution in [2.24, 2.45) is 0 Å². The van der Waals surface area contributed by atoms with Gasteiger partial charge in [-0.15, -0.1) is 0 Å². The molecule has 5 nitrogen and oxygen atoms in total. The average molecular weight is 249 g/mol. The van der Waals surface area contributed by atoms with Gasteiger partial charge in [0.05, 0.1) is 23.7 Å². The van der Waals surface area contributed by atoms with Crippen LogP contribution < -0.4 is 10.2 Å². The first-order valence-corrected chi connectivity index (χ1v) is 6.22. The molecule has 0 aliphatic carbocycles. The van der Waals surface area contributed by atoms with Gasteiger partial charge in [-0.05, 0) is 25.5 Å². The number of aliphatic hydroxyl groups is 1. The van der Waals surface area contributed by atoms with Crippen LogP contribution in [0.3, 0.4) is 0 Å². The van der Waals surface area contributed by atoms with Gasteiger partial charge in [-0.25, -0.2) is 0 Å². The standard InChI is InChI=1S/C13H19N3O2/c1-9(17)13-4-3-12(7-14-13)16-6-5-11(8-16)15-10(2)18/h3-4,7,9,11,17H,5-6,8H2,1-2H3,(H,15,18)/t9-,11?/m1/s1. The zero-order chi connectivity index (χ0) is 13.1. The fourth-order valence-corrected chi connectivity index (χ4v) is 2.23. The fraction of sp³-hybridized carbons (Fsp3) is 0.538. The third-order valence-electron chi connectivity index (χ3n) is 3.16. The maximum Gasteiger partial charge on any atom is 0.217 e. The molecule has 1 aliphatic rings. The highest BCUT2D eigenvalue weighted by molar-refractivity contribution is 5.73.